The Labute approximate surface area is 253 Å². The smallest absolute Gasteiger partial charge is 0.228 e. The molecule has 41 heavy (non-hydrogen) atoms. The molecule has 4 nitrogen and oxygen atoms in total. The Kier molecular flexibility index (Phi) is 14.8. The lowest BCUT2D eigenvalue weighted by molar-refractivity contribution is -0.688. The lowest BCUT2D eigenvalue weighted by Crippen LogP contribution is -2.34. The number of hydrogen-bond donors (Lipinski definition) is 1. The van der Waals surface area contributed by atoms with Crippen molar-refractivity contribution in [2.45, 2.75) is 111 Å². The molecule has 0 aliphatic rings. The SMILES string of the molecule is CCCCCCCCCCCCCCOc1ccc(CC(=O)Nc2ccccc2C[n+]2ccc(C)c(C)c2)c(Cl)c1. The molecule has 0 aliphatic carbocycles. The van der Waals surface area contributed by atoms with Crippen molar-refractivity contribution < 1.29 is 14.1 Å². The van der Waals surface area contributed by atoms with Gasteiger partial charge in [-0.05, 0) is 49.6 Å². The van der Waals surface area contributed by atoms with Crippen LogP contribution in [-0.2, 0) is 17.8 Å². The number of carbonyl (C=O) groups excluding carboxylic acids is 1. The molecule has 1 aromatic heterocycles. The topological polar surface area (TPSA) is 42.2 Å². The van der Waals surface area contributed by atoms with Gasteiger partial charge in [-0.25, -0.2) is 4.57 Å². The van der Waals surface area contributed by atoms with E-state index >= 15 is 0 Å². The van der Waals surface area contributed by atoms with E-state index in [1.54, 1.807) is 0 Å². The first-order valence-corrected chi connectivity index (χ1v) is 16.1. The van der Waals surface area contributed by atoms with E-state index in [4.69, 9.17) is 16.3 Å². The second kappa shape index (κ2) is 18.6. The number of para-hydroxylation sites is 1. The van der Waals surface area contributed by atoms with Crippen LogP contribution in [0.5, 0.6) is 5.75 Å². The van der Waals surface area contributed by atoms with Gasteiger partial charge >= 0.3 is 0 Å². The summed E-state index contributed by atoms with van der Waals surface area (Å²) >= 11 is 6.54. The molecular formula is C36H50ClN2O2+. The average Bonchev–Trinajstić information content (AvgIpc) is 2.96. The minimum absolute atomic E-state index is 0.0883. The number of aryl methyl sites for hydroxylation is 2. The Morgan fingerprint density at radius 3 is 2.12 bits per heavy atom. The highest BCUT2D eigenvalue weighted by atomic mass is 35.5. The lowest BCUT2D eigenvalue weighted by Gasteiger charge is -2.12. The number of halogens is 1. The van der Waals surface area contributed by atoms with Crippen molar-refractivity contribution in [3.8, 4) is 5.75 Å². The number of nitrogens with zero attached hydrogens (tertiary/aromatic N) is 1. The first-order valence-electron chi connectivity index (χ1n) is 15.7. The van der Waals surface area contributed by atoms with Crippen molar-refractivity contribution in [2.75, 3.05) is 11.9 Å². The van der Waals surface area contributed by atoms with Gasteiger partial charge < -0.3 is 10.1 Å². The highest BCUT2D eigenvalue weighted by Gasteiger charge is 2.13. The summed E-state index contributed by atoms with van der Waals surface area (Å²) < 4.78 is 8.07. The van der Waals surface area contributed by atoms with Crippen molar-refractivity contribution in [3.05, 3.63) is 88.2 Å². The number of rotatable bonds is 19. The minimum atomic E-state index is -0.0883. The number of unbranched alkanes of at least 4 members (excludes halogenated alkanes) is 11. The Bertz CT molecular complexity index is 1210. The van der Waals surface area contributed by atoms with Gasteiger partial charge in [-0.15, -0.1) is 0 Å². The fraction of sp³-hybridized carbons (Fsp3) is 0.500. The van der Waals surface area contributed by atoms with Crippen LogP contribution in [0.4, 0.5) is 5.69 Å². The number of pyridine rings is 1. The summed E-state index contributed by atoms with van der Waals surface area (Å²) in [6.07, 6.45) is 20.3. The highest BCUT2D eigenvalue weighted by molar-refractivity contribution is 6.31. The van der Waals surface area contributed by atoms with Crippen LogP contribution in [0.3, 0.4) is 0 Å². The minimum Gasteiger partial charge on any atom is -0.494 e. The molecule has 0 bridgehead atoms. The van der Waals surface area contributed by atoms with E-state index in [0.29, 0.717) is 18.2 Å². The molecule has 0 atom stereocenters. The van der Waals surface area contributed by atoms with Crippen LogP contribution in [0.15, 0.2) is 60.9 Å². The summed E-state index contributed by atoms with van der Waals surface area (Å²) in [6.45, 7) is 7.87. The van der Waals surface area contributed by atoms with E-state index in [2.05, 4.69) is 49.1 Å². The Morgan fingerprint density at radius 2 is 1.46 bits per heavy atom. The molecule has 0 saturated heterocycles. The molecule has 3 aromatic rings. The molecule has 1 amide bonds. The predicted octanol–water partition coefficient (Wildman–Crippen LogP) is 9.55. The fourth-order valence-electron chi connectivity index (χ4n) is 5.07. The molecule has 0 unspecified atom stereocenters. The molecule has 0 spiro atoms. The van der Waals surface area contributed by atoms with Gasteiger partial charge in [0.1, 0.15) is 5.75 Å². The highest BCUT2D eigenvalue weighted by Crippen LogP contribution is 2.24. The van der Waals surface area contributed by atoms with Crippen molar-refractivity contribution in [1.82, 2.24) is 0 Å². The molecule has 3 rings (SSSR count). The van der Waals surface area contributed by atoms with Crippen LogP contribution in [-0.4, -0.2) is 12.5 Å². The Morgan fingerprint density at radius 1 is 0.805 bits per heavy atom. The molecule has 2 aromatic carbocycles. The maximum Gasteiger partial charge on any atom is 0.228 e. The normalized spacial score (nSPS) is 11.0. The Balaban J connectivity index is 1.36. The number of carbonyl (C=O) groups is 1. The number of amides is 1. The number of hydrogen-bond acceptors (Lipinski definition) is 2. The van der Waals surface area contributed by atoms with Crippen LogP contribution in [0.2, 0.25) is 5.02 Å². The van der Waals surface area contributed by atoms with Gasteiger partial charge in [0.25, 0.3) is 0 Å². The van der Waals surface area contributed by atoms with Gasteiger partial charge in [-0.2, -0.15) is 0 Å². The Hall–Kier alpha value is -2.85. The molecule has 222 valence electrons. The zero-order chi connectivity index (χ0) is 29.3. The largest absolute Gasteiger partial charge is 0.494 e. The van der Waals surface area contributed by atoms with Crippen LogP contribution in [0, 0.1) is 13.8 Å². The van der Waals surface area contributed by atoms with E-state index in [-0.39, 0.29) is 12.3 Å². The van der Waals surface area contributed by atoms with Crippen molar-refractivity contribution >= 4 is 23.2 Å². The summed E-state index contributed by atoms with van der Waals surface area (Å²) in [6, 6.07) is 15.7. The zero-order valence-electron chi connectivity index (χ0n) is 25.5. The van der Waals surface area contributed by atoms with Gasteiger partial charge in [-0.1, -0.05) is 113 Å². The lowest BCUT2D eigenvalue weighted by atomic mass is 10.1. The van der Waals surface area contributed by atoms with Crippen LogP contribution >= 0.6 is 11.6 Å². The molecule has 0 radical (unpaired) electrons. The third kappa shape index (κ3) is 12.3. The van der Waals surface area contributed by atoms with Crippen LogP contribution in [0.25, 0.3) is 0 Å². The molecule has 0 saturated carbocycles. The number of nitrogens with one attached hydrogen (secondary N) is 1. The first kappa shape index (κ1) is 32.7. The maximum atomic E-state index is 12.9. The number of aromatic nitrogens is 1. The molecular weight excluding hydrogens is 528 g/mol. The number of ether oxygens (including phenoxy) is 1. The van der Waals surface area contributed by atoms with E-state index in [1.807, 2.05) is 42.5 Å². The zero-order valence-corrected chi connectivity index (χ0v) is 26.3. The van der Waals surface area contributed by atoms with Crippen molar-refractivity contribution in [1.29, 1.82) is 0 Å². The summed E-state index contributed by atoms with van der Waals surface area (Å²) in [7, 11) is 0. The quantitative estimate of drug-likeness (QED) is 0.114. The van der Waals surface area contributed by atoms with Gasteiger partial charge in [0.05, 0.1) is 18.7 Å². The summed E-state index contributed by atoms with van der Waals surface area (Å²) in [5.41, 5.74) is 5.18. The molecule has 0 aliphatic heterocycles. The third-order valence-electron chi connectivity index (χ3n) is 7.78. The second-order valence-electron chi connectivity index (χ2n) is 11.4. The summed E-state index contributed by atoms with van der Waals surface area (Å²) in [5, 5.41) is 3.65. The number of benzene rings is 2. The monoisotopic (exact) mass is 577 g/mol. The van der Waals surface area contributed by atoms with Crippen LogP contribution < -0.4 is 14.6 Å². The summed E-state index contributed by atoms with van der Waals surface area (Å²) in [4.78, 5) is 12.9. The average molecular weight is 578 g/mol. The summed E-state index contributed by atoms with van der Waals surface area (Å²) in [5.74, 6) is 0.674. The van der Waals surface area contributed by atoms with E-state index in [9.17, 15) is 4.79 Å². The van der Waals surface area contributed by atoms with Gasteiger partial charge in [-0.3, -0.25) is 4.79 Å². The van der Waals surface area contributed by atoms with Crippen LogP contribution in [0.1, 0.15) is 106 Å². The molecule has 1 heterocycles. The fourth-order valence-corrected chi connectivity index (χ4v) is 5.31. The number of anilines is 1. The third-order valence-corrected chi connectivity index (χ3v) is 8.14. The standard InChI is InChI=1S/C36H49ClN2O2/c1-4-5-6-7-8-9-10-11-12-13-14-17-24-41-33-21-20-31(34(37)26-33)25-36(40)38-35-19-16-15-18-32(35)28-39-23-22-29(2)30(3)27-39/h15-16,18-23,26-27H,4-14,17,24-25,28H2,1-3H3/p+1. The van der Waals surface area contributed by atoms with Gasteiger partial charge in [0, 0.05) is 22.2 Å². The second-order valence-corrected chi connectivity index (χ2v) is 11.8. The molecule has 0 fully saturated rings. The van der Waals surface area contributed by atoms with E-state index in [0.717, 1.165) is 29.0 Å². The molecule has 1 N–H and O–H groups in total. The first-order chi connectivity index (χ1) is 20.0. The van der Waals surface area contributed by atoms with Gasteiger partial charge in [0.2, 0.25) is 5.91 Å². The predicted molar refractivity (Wildman–Crippen MR) is 172 cm³/mol. The molecule has 5 heteroatoms. The van der Waals surface area contributed by atoms with Crippen molar-refractivity contribution in [2.24, 2.45) is 0 Å². The van der Waals surface area contributed by atoms with Crippen molar-refractivity contribution in [3.63, 3.8) is 0 Å². The van der Waals surface area contributed by atoms with E-state index < -0.39 is 0 Å². The maximum absolute atomic E-state index is 12.9. The van der Waals surface area contributed by atoms with Gasteiger partial charge in [0.15, 0.2) is 18.9 Å². The van der Waals surface area contributed by atoms with E-state index in [1.165, 1.54) is 81.8 Å².